The summed E-state index contributed by atoms with van der Waals surface area (Å²) in [6.07, 6.45) is 0. The van der Waals surface area contributed by atoms with Crippen molar-refractivity contribution >= 4 is 15.9 Å². The molecule has 0 bridgehead atoms. The van der Waals surface area contributed by atoms with E-state index in [2.05, 4.69) is 5.32 Å². The summed E-state index contributed by atoms with van der Waals surface area (Å²) in [6, 6.07) is 6.14. The molecule has 0 fully saturated rings. The van der Waals surface area contributed by atoms with Gasteiger partial charge in [-0.2, -0.15) is 0 Å². The Bertz CT molecular complexity index is 468. The number of nitrogens with one attached hydrogen (secondary N) is 1. The first-order valence-electron chi connectivity index (χ1n) is 4.26. The van der Waals surface area contributed by atoms with Crippen LogP contribution < -0.4 is 10.5 Å². The highest BCUT2D eigenvalue weighted by molar-refractivity contribution is 7.89. The van der Waals surface area contributed by atoms with Gasteiger partial charge in [-0.25, -0.2) is 13.6 Å². The van der Waals surface area contributed by atoms with E-state index in [9.17, 15) is 13.2 Å². The number of hydrogen-bond acceptors (Lipinski definition) is 3. The zero-order chi connectivity index (χ0) is 11.5. The van der Waals surface area contributed by atoms with Gasteiger partial charge in [0.25, 0.3) is 0 Å². The normalized spacial score (nSPS) is 11.1. The first kappa shape index (κ1) is 11.7. The van der Waals surface area contributed by atoms with Crippen molar-refractivity contribution in [2.45, 2.75) is 18.4 Å². The summed E-state index contributed by atoms with van der Waals surface area (Å²) >= 11 is 0. The molecule has 3 N–H and O–H groups in total. The van der Waals surface area contributed by atoms with Crippen LogP contribution in [0.1, 0.15) is 12.5 Å². The molecule has 0 saturated carbocycles. The number of sulfonamides is 1. The third-order valence-electron chi connectivity index (χ3n) is 1.77. The van der Waals surface area contributed by atoms with Crippen LogP contribution in [-0.4, -0.2) is 14.3 Å². The summed E-state index contributed by atoms with van der Waals surface area (Å²) in [4.78, 5) is 10.7. The molecule has 82 valence electrons. The van der Waals surface area contributed by atoms with Crippen LogP contribution in [0.15, 0.2) is 29.2 Å². The van der Waals surface area contributed by atoms with E-state index < -0.39 is 10.0 Å². The highest BCUT2D eigenvalue weighted by Gasteiger charge is 2.07. The SMILES string of the molecule is CC(=O)NCc1cccc(S(N)(=O)=O)c1. The summed E-state index contributed by atoms with van der Waals surface area (Å²) in [5, 5.41) is 7.53. The third-order valence-corrected chi connectivity index (χ3v) is 2.68. The molecular formula is C9H12N2O3S. The van der Waals surface area contributed by atoms with Crippen molar-refractivity contribution in [3.63, 3.8) is 0 Å². The molecule has 0 heterocycles. The van der Waals surface area contributed by atoms with Crippen LogP contribution in [0.25, 0.3) is 0 Å². The maximum Gasteiger partial charge on any atom is 0.238 e. The molecule has 0 unspecified atom stereocenters. The van der Waals surface area contributed by atoms with Crippen molar-refractivity contribution in [1.82, 2.24) is 5.32 Å². The van der Waals surface area contributed by atoms with Crippen LogP contribution >= 0.6 is 0 Å². The van der Waals surface area contributed by atoms with E-state index in [-0.39, 0.29) is 10.8 Å². The maximum atomic E-state index is 11.0. The number of nitrogens with two attached hydrogens (primary N) is 1. The number of carbonyl (C=O) groups excluding carboxylic acids is 1. The van der Waals surface area contributed by atoms with E-state index in [0.717, 1.165) is 0 Å². The van der Waals surface area contributed by atoms with Gasteiger partial charge in [0.05, 0.1) is 4.90 Å². The molecule has 0 atom stereocenters. The predicted octanol–water partition coefficient (Wildman–Crippen LogP) is -0.0299. The highest BCUT2D eigenvalue weighted by Crippen LogP contribution is 2.09. The van der Waals surface area contributed by atoms with Crippen LogP contribution in [-0.2, 0) is 21.4 Å². The molecule has 1 rings (SSSR count). The molecule has 0 saturated heterocycles. The molecule has 0 aliphatic rings. The average Bonchev–Trinajstić information content (AvgIpc) is 2.14. The lowest BCUT2D eigenvalue weighted by Crippen LogP contribution is -2.19. The molecular weight excluding hydrogens is 216 g/mol. The zero-order valence-corrected chi connectivity index (χ0v) is 9.04. The molecule has 1 amide bonds. The Labute approximate surface area is 88.3 Å². The molecule has 15 heavy (non-hydrogen) atoms. The largest absolute Gasteiger partial charge is 0.352 e. The van der Waals surface area contributed by atoms with E-state index in [1.165, 1.54) is 19.1 Å². The third kappa shape index (κ3) is 3.69. The molecule has 1 aromatic carbocycles. The molecule has 0 radical (unpaired) electrons. The van der Waals surface area contributed by atoms with Crippen LogP contribution in [0.4, 0.5) is 0 Å². The Hall–Kier alpha value is -1.40. The Kier molecular flexibility index (Phi) is 3.43. The summed E-state index contributed by atoms with van der Waals surface area (Å²) in [7, 11) is -3.68. The van der Waals surface area contributed by atoms with Crippen molar-refractivity contribution in [2.75, 3.05) is 0 Å². The molecule has 0 aliphatic carbocycles. The quantitative estimate of drug-likeness (QED) is 0.761. The van der Waals surface area contributed by atoms with Crippen molar-refractivity contribution < 1.29 is 13.2 Å². The standard InChI is InChI=1S/C9H12N2O3S/c1-7(12)11-6-8-3-2-4-9(5-8)15(10,13)14/h2-5H,6H2,1H3,(H,11,12)(H2,10,13,14). The second kappa shape index (κ2) is 4.41. The van der Waals surface area contributed by atoms with Gasteiger partial charge in [0, 0.05) is 13.5 Å². The number of hydrogen-bond donors (Lipinski definition) is 2. The maximum absolute atomic E-state index is 11.0. The fraction of sp³-hybridized carbons (Fsp3) is 0.222. The molecule has 0 spiro atoms. The number of primary sulfonamides is 1. The van der Waals surface area contributed by atoms with Crippen LogP contribution in [0.3, 0.4) is 0 Å². The Morgan fingerprint density at radius 2 is 2.13 bits per heavy atom. The Morgan fingerprint density at radius 1 is 1.47 bits per heavy atom. The van der Waals surface area contributed by atoms with E-state index in [4.69, 9.17) is 5.14 Å². The van der Waals surface area contributed by atoms with Gasteiger partial charge in [0.15, 0.2) is 0 Å². The smallest absolute Gasteiger partial charge is 0.238 e. The first-order valence-corrected chi connectivity index (χ1v) is 5.80. The van der Waals surface area contributed by atoms with Crippen molar-refractivity contribution in [3.8, 4) is 0 Å². The van der Waals surface area contributed by atoms with Gasteiger partial charge in [-0.05, 0) is 17.7 Å². The van der Waals surface area contributed by atoms with Gasteiger partial charge in [-0.1, -0.05) is 12.1 Å². The summed E-state index contributed by atoms with van der Waals surface area (Å²) in [5.74, 6) is -0.170. The minimum absolute atomic E-state index is 0.0466. The second-order valence-electron chi connectivity index (χ2n) is 3.10. The topological polar surface area (TPSA) is 89.3 Å². The minimum Gasteiger partial charge on any atom is -0.352 e. The molecule has 0 aliphatic heterocycles. The van der Waals surface area contributed by atoms with E-state index in [0.29, 0.717) is 12.1 Å². The number of carbonyl (C=O) groups is 1. The molecule has 1 aromatic rings. The fourth-order valence-corrected chi connectivity index (χ4v) is 1.64. The minimum atomic E-state index is -3.68. The van der Waals surface area contributed by atoms with Crippen LogP contribution in [0, 0.1) is 0 Å². The number of amides is 1. The Morgan fingerprint density at radius 3 is 2.67 bits per heavy atom. The van der Waals surface area contributed by atoms with Gasteiger partial charge < -0.3 is 5.32 Å². The lowest BCUT2D eigenvalue weighted by atomic mass is 10.2. The van der Waals surface area contributed by atoms with E-state index >= 15 is 0 Å². The van der Waals surface area contributed by atoms with E-state index in [1.54, 1.807) is 12.1 Å². The first-order chi connectivity index (χ1) is 6.89. The van der Waals surface area contributed by atoms with Gasteiger partial charge in [-0.3, -0.25) is 4.79 Å². The Balaban J connectivity index is 2.89. The zero-order valence-electron chi connectivity index (χ0n) is 8.23. The summed E-state index contributed by atoms with van der Waals surface area (Å²) < 4.78 is 22.0. The lowest BCUT2D eigenvalue weighted by molar-refractivity contribution is -0.119. The van der Waals surface area contributed by atoms with Gasteiger partial charge in [-0.15, -0.1) is 0 Å². The van der Waals surface area contributed by atoms with Crippen LogP contribution in [0.2, 0.25) is 0 Å². The number of benzene rings is 1. The van der Waals surface area contributed by atoms with Crippen molar-refractivity contribution in [2.24, 2.45) is 5.14 Å². The van der Waals surface area contributed by atoms with Crippen LogP contribution in [0.5, 0.6) is 0 Å². The fourth-order valence-electron chi connectivity index (χ4n) is 1.06. The van der Waals surface area contributed by atoms with Gasteiger partial charge in [0.1, 0.15) is 0 Å². The van der Waals surface area contributed by atoms with Crippen molar-refractivity contribution in [1.29, 1.82) is 0 Å². The lowest BCUT2D eigenvalue weighted by Gasteiger charge is -2.04. The monoisotopic (exact) mass is 228 g/mol. The second-order valence-corrected chi connectivity index (χ2v) is 4.66. The van der Waals surface area contributed by atoms with Gasteiger partial charge in [0.2, 0.25) is 15.9 Å². The van der Waals surface area contributed by atoms with Crippen molar-refractivity contribution in [3.05, 3.63) is 29.8 Å². The summed E-state index contributed by atoms with van der Waals surface area (Å²) in [5.41, 5.74) is 0.691. The summed E-state index contributed by atoms with van der Waals surface area (Å²) in [6.45, 7) is 1.68. The average molecular weight is 228 g/mol. The molecule has 0 aromatic heterocycles. The predicted molar refractivity (Wildman–Crippen MR) is 55.3 cm³/mol. The van der Waals surface area contributed by atoms with Gasteiger partial charge >= 0.3 is 0 Å². The number of rotatable bonds is 3. The molecule has 6 heteroatoms. The highest BCUT2D eigenvalue weighted by atomic mass is 32.2. The molecule has 5 nitrogen and oxygen atoms in total. The van der Waals surface area contributed by atoms with E-state index in [1.807, 2.05) is 0 Å².